The molecule has 18 heavy (non-hydrogen) atoms. The van der Waals surface area contributed by atoms with Crippen LogP contribution < -0.4 is 4.74 Å². The monoisotopic (exact) mass is 282 g/mol. The lowest BCUT2D eigenvalue weighted by molar-refractivity contribution is 0.358. The van der Waals surface area contributed by atoms with Gasteiger partial charge in [-0.2, -0.15) is 0 Å². The zero-order valence-electron chi connectivity index (χ0n) is 9.34. The van der Waals surface area contributed by atoms with Crippen molar-refractivity contribution in [1.82, 2.24) is 0 Å². The first-order valence-electron chi connectivity index (χ1n) is 5.56. The Labute approximate surface area is 114 Å². The zero-order chi connectivity index (χ0) is 12.7. The SMILES string of the molecule is Fc1cc2c(c(-c3ccc(Cl)cc3Cl)c1)OCC2. The van der Waals surface area contributed by atoms with Gasteiger partial charge in [0, 0.05) is 28.1 Å². The molecule has 0 saturated heterocycles. The van der Waals surface area contributed by atoms with Crippen molar-refractivity contribution in [2.24, 2.45) is 0 Å². The summed E-state index contributed by atoms with van der Waals surface area (Å²) < 4.78 is 19.2. The van der Waals surface area contributed by atoms with Gasteiger partial charge in [-0.1, -0.05) is 29.3 Å². The Kier molecular flexibility index (Phi) is 2.92. The van der Waals surface area contributed by atoms with Gasteiger partial charge in [0.2, 0.25) is 0 Å². The molecule has 0 fully saturated rings. The maximum atomic E-state index is 13.6. The summed E-state index contributed by atoms with van der Waals surface area (Å²) in [6, 6.07) is 8.11. The minimum atomic E-state index is -0.278. The molecule has 0 unspecified atom stereocenters. The van der Waals surface area contributed by atoms with Gasteiger partial charge in [-0.3, -0.25) is 0 Å². The van der Waals surface area contributed by atoms with Crippen LogP contribution in [0.3, 0.4) is 0 Å². The first kappa shape index (κ1) is 11.8. The molecule has 1 nitrogen and oxygen atoms in total. The van der Waals surface area contributed by atoms with Crippen molar-refractivity contribution in [3.05, 3.63) is 51.8 Å². The molecule has 2 aromatic rings. The van der Waals surface area contributed by atoms with E-state index in [1.165, 1.54) is 12.1 Å². The summed E-state index contributed by atoms with van der Waals surface area (Å²) in [6.07, 6.45) is 0.727. The highest BCUT2D eigenvalue weighted by molar-refractivity contribution is 6.36. The van der Waals surface area contributed by atoms with E-state index in [0.717, 1.165) is 23.3 Å². The molecule has 0 atom stereocenters. The molecule has 0 bridgehead atoms. The highest BCUT2D eigenvalue weighted by Crippen LogP contribution is 2.41. The van der Waals surface area contributed by atoms with Crippen LogP contribution in [0.4, 0.5) is 4.39 Å². The predicted molar refractivity (Wildman–Crippen MR) is 71.1 cm³/mol. The molecule has 0 saturated carbocycles. The highest BCUT2D eigenvalue weighted by Gasteiger charge is 2.20. The molecule has 92 valence electrons. The Bertz CT molecular complexity index is 625. The van der Waals surface area contributed by atoms with E-state index < -0.39 is 0 Å². The maximum Gasteiger partial charge on any atom is 0.130 e. The van der Waals surface area contributed by atoms with E-state index >= 15 is 0 Å². The van der Waals surface area contributed by atoms with Gasteiger partial charge in [-0.25, -0.2) is 4.39 Å². The summed E-state index contributed by atoms with van der Waals surface area (Å²) in [5.74, 6) is 0.445. The van der Waals surface area contributed by atoms with Gasteiger partial charge in [-0.15, -0.1) is 0 Å². The second-order valence-corrected chi connectivity index (χ2v) is 5.01. The van der Waals surface area contributed by atoms with E-state index in [-0.39, 0.29) is 5.82 Å². The fourth-order valence-electron chi connectivity index (χ4n) is 2.18. The normalized spacial score (nSPS) is 13.3. The lowest BCUT2D eigenvalue weighted by Crippen LogP contribution is -1.90. The van der Waals surface area contributed by atoms with E-state index in [4.69, 9.17) is 27.9 Å². The molecule has 2 aromatic carbocycles. The van der Waals surface area contributed by atoms with Crippen LogP contribution in [0, 0.1) is 5.82 Å². The topological polar surface area (TPSA) is 9.23 Å². The fourth-order valence-corrected chi connectivity index (χ4v) is 2.69. The first-order valence-corrected chi connectivity index (χ1v) is 6.31. The van der Waals surface area contributed by atoms with Crippen LogP contribution >= 0.6 is 23.2 Å². The summed E-state index contributed by atoms with van der Waals surface area (Å²) >= 11 is 12.0. The van der Waals surface area contributed by atoms with E-state index in [9.17, 15) is 4.39 Å². The second kappa shape index (κ2) is 4.45. The number of halogens is 3. The number of rotatable bonds is 1. The predicted octanol–water partition coefficient (Wildman–Crippen LogP) is 4.73. The summed E-state index contributed by atoms with van der Waals surface area (Å²) in [4.78, 5) is 0. The Hall–Kier alpha value is -1.25. The first-order chi connectivity index (χ1) is 8.65. The number of hydrogen-bond donors (Lipinski definition) is 0. The molecule has 0 aromatic heterocycles. The van der Waals surface area contributed by atoms with E-state index in [0.29, 0.717) is 22.2 Å². The largest absolute Gasteiger partial charge is 0.492 e. The molecular formula is C14H9Cl2FO. The Balaban J connectivity index is 2.23. The van der Waals surface area contributed by atoms with Gasteiger partial charge < -0.3 is 4.74 Å². The minimum Gasteiger partial charge on any atom is -0.492 e. The van der Waals surface area contributed by atoms with Gasteiger partial charge in [0.15, 0.2) is 0 Å². The smallest absolute Gasteiger partial charge is 0.130 e. The molecule has 0 spiro atoms. The number of ether oxygens (including phenoxy) is 1. The maximum absolute atomic E-state index is 13.6. The van der Waals surface area contributed by atoms with Crippen molar-refractivity contribution in [3.63, 3.8) is 0 Å². The van der Waals surface area contributed by atoms with Crippen molar-refractivity contribution in [2.45, 2.75) is 6.42 Å². The number of hydrogen-bond acceptors (Lipinski definition) is 1. The summed E-state index contributed by atoms with van der Waals surface area (Å²) in [6.45, 7) is 0.580. The Morgan fingerprint density at radius 3 is 2.67 bits per heavy atom. The average Bonchev–Trinajstić information content (AvgIpc) is 2.76. The molecule has 1 aliphatic heterocycles. The standard InChI is InChI=1S/C14H9Cl2FO/c15-9-1-2-11(13(16)6-9)12-7-10(17)5-8-3-4-18-14(8)12/h1-2,5-7H,3-4H2. The third kappa shape index (κ3) is 1.96. The molecule has 1 aliphatic rings. The van der Waals surface area contributed by atoms with Crippen LogP contribution in [0.5, 0.6) is 5.75 Å². The minimum absolute atomic E-state index is 0.278. The van der Waals surface area contributed by atoms with Crippen LogP contribution in [0.25, 0.3) is 11.1 Å². The van der Waals surface area contributed by atoms with Crippen molar-refractivity contribution in [2.75, 3.05) is 6.61 Å². The average molecular weight is 283 g/mol. The van der Waals surface area contributed by atoms with Gasteiger partial charge in [0.1, 0.15) is 11.6 Å². The van der Waals surface area contributed by atoms with Crippen molar-refractivity contribution < 1.29 is 9.13 Å². The van der Waals surface area contributed by atoms with E-state index in [2.05, 4.69) is 0 Å². The Morgan fingerprint density at radius 1 is 1.06 bits per heavy atom. The summed E-state index contributed by atoms with van der Waals surface area (Å²) in [7, 11) is 0. The molecule has 0 amide bonds. The molecule has 0 aliphatic carbocycles. The third-order valence-electron chi connectivity index (χ3n) is 2.97. The second-order valence-electron chi connectivity index (χ2n) is 4.16. The molecule has 3 rings (SSSR count). The third-order valence-corrected chi connectivity index (χ3v) is 3.52. The quantitative estimate of drug-likeness (QED) is 0.734. The fraction of sp³-hybridized carbons (Fsp3) is 0.143. The number of benzene rings is 2. The van der Waals surface area contributed by atoms with Gasteiger partial charge >= 0.3 is 0 Å². The van der Waals surface area contributed by atoms with Crippen molar-refractivity contribution >= 4 is 23.2 Å². The summed E-state index contributed by atoms with van der Waals surface area (Å²) in [5, 5.41) is 1.04. The molecular weight excluding hydrogens is 274 g/mol. The van der Waals surface area contributed by atoms with E-state index in [1.807, 2.05) is 0 Å². The molecule has 0 N–H and O–H groups in total. The van der Waals surface area contributed by atoms with Crippen LogP contribution in [-0.4, -0.2) is 6.61 Å². The van der Waals surface area contributed by atoms with E-state index in [1.54, 1.807) is 18.2 Å². The van der Waals surface area contributed by atoms with Gasteiger partial charge in [0.25, 0.3) is 0 Å². The highest BCUT2D eigenvalue weighted by atomic mass is 35.5. The van der Waals surface area contributed by atoms with Crippen molar-refractivity contribution in [3.8, 4) is 16.9 Å². The molecule has 0 radical (unpaired) electrons. The van der Waals surface area contributed by atoms with Gasteiger partial charge in [0.05, 0.1) is 11.6 Å². The van der Waals surface area contributed by atoms with Crippen LogP contribution in [0.1, 0.15) is 5.56 Å². The summed E-state index contributed by atoms with van der Waals surface area (Å²) in [5.41, 5.74) is 2.30. The number of fused-ring (bicyclic) bond motifs is 1. The lowest BCUT2D eigenvalue weighted by atomic mass is 10.0. The molecule has 4 heteroatoms. The van der Waals surface area contributed by atoms with Crippen LogP contribution in [0.15, 0.2) is 30.3 Å². The van der Waals surface area contributed by atoms with Crippen molar-refractivity contribution in [1.29, 1.82) is 0 Å². The van der Waals surface area contributed by atoms with Crippen LogP contribution in [0.2, 0.25) is 10.0 Å². The van der Waals surface area contributed by atoms with Gasteiger partial charge in [-0.05, 0) is 24.3 Å². The van der Waals surface area contributed by atoms with Crippen LogP contribution in [-0.2, 0) is 6.42 Å². The Morgan fingerprint density at radius 2 is 1.89 bits per heavy atom. The molecule has 1 heterocycles. The lowest BCUT2D eigenvalue weighted by Gasteiger charge is -2.10. The zero-order valence-corrected chi connectivity index (χ0v) is 10.9.